The molecule has 18 heavy (non-hydrogen) atoms. The van der Waals surface area contributed by atoms with Gasteiger partial charge >= 0.3 is 0 Å². The number of carbonyl (C=O) groups is 1. The van der Waals surface area contributed by atoms with Crippen LogP contribution < -0.4 is 10.5 Å². The number of rotatable bonds is 6. The van der Waals surface area contributed by atoms with E-state index in [2.05, 4.69) is 4.81 Å². The lowest BCUT2D eigenvalue weighted by Crippen LogP contribution is -2.51. The fourth-order valence-corrected chi connectivity index (χ4v) is 2.12. The Morgan fingerprint density at radius 1 is 1.50 bits per heavy atom. The van der Waals surface area contributed by atoms with Gasteiger partial charge in [-0.15, -0.1) is 0 Å². The molecule has 96 valence electrons. The Kier molecular flexibility index (Phi) is 4.39. The lowest BCUT2D eigenvalue weighted by atomic mass is 9.85. The van der Waals surface area contributed by atoms with Crippen LogP contribution in [0, 0.1) is 5.92 Å². The molecular weight excluding hydrogens is 227 g/mol. The van der Waals surface area contributed by atoms with E-state index in [0.29, 0.717) is 19.9 Å². The maximum Gasteiger partial charge on any atom is 0.281 e. The summed E-state index contributed by atoms with van der Waals surface area (Å²) in [4.78, 5) is 12.4. The van der Waals surface area contributed by atoms with Gasteiger partial charge < -0.3 is 20.1 Å². The summed E-state index contributed by atoms with van der Waals surface area (Å²) in [6, 6.07) is 7.97. The highest BCUT2D eigenvalue weighted by Gasteiger charge is 2.26. The molecule has 2 rings (SSSR count). The van der Waals surface area contributed by atoms with Crippen molar-refractivity contribution in [3.8, 4) is 5.75 Å². The summed E-state index contributed by atoms with van der Waals surface area (Å²) >= 11 is 0. The molecule has 0 amide bonds. The number of hydrogen-bond donors (Lipinski definition) is 1. The van der Waals surface area contributed by atoms with E-state index < -0.39 is 0 Å². The number of carbonyl (C=O) groups excluding carboxylic acids is 1. The van der Waals surface area contributed by atoms with Crippen LogP contribution >= 0.6 is 0 Å². The zero-order chi connectivity index (χ0) is 13.0. The van der Waals surface area contributed by atoms with E-state index in [9.17, 15) is 4.79 Å². The summed E-state index contributed by atoms with van der Waals surface area (Å²) in [7, 11) is 0.541. The topological polar surface area (TPSA) is 55.6 Å². The van der Waals surface area contributed by atoms with Gasteiger partial charge in [-0.1, -0.05) is 12.1 Å². The summed E-state index contributed by atoms with van der Waals surface area (Å²) in [5, 5.41) is 0. The van der Waals surface area contributed by atoms with E-state index >= 15 is 0 Å². The number of ether oxygens (including phenoxy) is 1. The standard InChI is InChI=1S/C13H19BN2O2/c1-10(15)12-2-4-13(5-3-12)18-8-11-6-16(7-11)14-9-17/h2-5,9-11,14H,6-8,15H2,1H3/t10-/m0/s1. The van der Waals surface area contributed by atoms with Crippen molar-refractivity contribution in [2.45, 2.75) is 13.0 Å². The van der Waals surface area contributed by atoms with Gasteiger partial charge in [-0.05, 0) is 37.7 Å². The smallest absolute Gasteiger partial charge is 0.281 e. The molecular formula is C13H19BN2O2. The van der Waals surface area contributed by atoms with Crippen molar-refractivity contribution in [3.05, 3.63) is 29.8 Å². The highest BCUT2D eigenvalue weighted by Crippen LogP contribution is 2.19. The Labute approximate surface area is 108 Å². The van der Waals surface area contributed by atoms with E-state index in [4.69, 9.17) is 10.5 Å². The Morgan fingerprint density at radius 2 is 2.17 bits per heavy atom. The first-order valence-electron chi connectivity index (χ1n) is 6.33. The number of nitrogens with zero attached hydrogens (tertiary/aromatic N) is 1. The third kappa shape index (κ3) is 3.34. The summed E-state index contributed by atoms with van der Waals surface area (Å²) < 4.78 is 5.72. The molecule has 0 aliphatic carbocycles. The predicted octanol–water partition coefficient (Wildman–Crippen LogP) is 0.559. The van der Waals surface area contributed by atoms with Crippen LogP contribution in [0.2, 0.25) is 0 Å². The fraction of sp³-hybridized carbons (Fsp3) is 0.462. The number of nitrogens with two attached hydrogens (primary N) is 1. The quantitative estimate of drug-likeness (QED) is 0.588. The van der Waals surface area contributed by atoms with Crippen molar-refractivity contribution in [2.75, 3.05) is 19.7 Å². The molecule has 4 nitrogen and oxygen atoms in total. The van der Waals surface area contributed by atoms with Crippen LogP contribution in [0.15, 0.2) is 24.3 Å². The van der Waals surface area contributed by atoms with Gasteiger partial charge in [-0.25, -0.2) is 0 Å². The van der Waals surface area contributed by atoms with Crippen LogP contribution in [0.5, 0.6) is 5.75 Å². The average Bonchev–Trinajstić information content (AvgIpc) is 2.32. The summed E-state index contributed by atoms with van der Waals surface area (Å²) in [5.41, 5.74) is 6.90. The van der Waals surface area contributed by atoms with Gasteiger partial charge in [0.15, 0.2) is 0 Å². The van der Waals surface area contributed by atoms with Crippen LogP contribution in [0.25, 0.3) is 0 Å². The number of hydrogen-bond acceptors (Lipinski definition) is 4. The minimum Gasteiger partial charge on any atom is -0.493 e. The highest BCUT2D eigenvalue weighted by atomic mass is 16.5. The molecule has 1 aliphatic rings. The van der Waals surface area contributed by atoms with E-state index in [1.54, 1.807) is 0 Å². The lowest BCUT2D eigenvalue weighted by Gasteiger charge is -2.37. The first-order valence-corrected chi connectivity index (χ1v) is 6.33. The zero-order valence-corrected chi connectivity index (χ0v) is 10.7. The van der Waals surface area contributed by atoms with Gasteiger partial charge in [0.2, 0.25) is 0 Å². The van der Waals surface area contributed by atoms with Crippen molar-refractivity contribution < 1.29 is 9.53 Å². The van der Waals surface area contributed by atoms with Crippen molar-refractivity contribution in [1.82, 2.24) is 4.81 Å². The molecule has 0 bridgehead atoms. The first-order chi connectivity index (χ1) is 8.69. The average molecular weight is 246 g/mol. The largest absolute Gasteiger partial charge is 0.493 e. The van der Waals surface area contributed by atoms with Crippen LogP contribution in [-0.4, -0.2) is 38.1 Å². The molecule has 0 aromatic heterocycles. The lowest BCUT2D eigenvalue weighted by molar-refractivity contribution is 0.130. The van der Waals surface area contributed by atoms with Crippen molar-refractivity contribution >= 4 is 13.6 Å². The molecule has 1 heterocycles. The molecule has 2 N–H and O–H groups in total. The predicted molar refractivity (Wildman–Crippen MR) is 73.5 cm³/mol. The SMILES string of the molecule is C[C@H](N)c1ccc(OCC2CN(BC=O)C2)cc1. The van der Waals surface area contributed by atoms with Crippen LogP contribution in [0.3, 0.4) is 0 Å². The third-order valence-corrected chi connectivity index (χ3v) is 3.26. The molecule has 1 aromatic rings. The van der Waals surface area contributed by atoms with Gasteiger partial charge in [0.05, 0.1) is 12.8 Å². The monoisotopic (exact) mass is 246 g/mol. The van der Waals surface area contributed by atoms with E-state index in [0.717, 1.165) is 30.6 Å². The fourth-order valence-electron chi connectivity index (χ4n) is 2.12. The molecule has 0 unspecified atom stereocenters. The van der Waals surface area contributed by atoms with Gasteiger partial charge in [0.1, 0.15) is 5.75 Å². The van der Waals surface area contributed by atoms with Gasteiger partial charge in [0, 0.05) is 12.0 Å². The maximum absolute atomic E-state index is 10.3. The maximum atomic E-state index is 10.3. The van der Waals surface area contributed by atoms with Crippen LogP contribution in [0.1, 0.15) is 18.5 Å². The Morgan fingerprint density at radius 3 is 2.72 bits per heavy atom. The van der Waals surface area contributed by atoms with Crippen LogP contribution in [0.4, 0.5) is 0 Å². The molecule has 5 heteroatoms. The van der Waals surface area contributed by atoms with Crippen molar-refractivity contribution in [2.24, 2.45) is 11.7 Å². The van der Waals surface area contributed by atoms with Gasteiger partial charge in [-0.2, -0.15) is 0 Å². The zero-order valence-electron chi connectivity index (χ0n) is 10.7. The second-order valence-corrected chi connectivity index (χ2v) is 4.92. The normalized spacial score (nSPS) is 17.9. The van der Waals surface area contributed by atoms with E-state index in [1.165, 1.54) is 0 Å². The molecule has 1 atom stereocenters. The van der Waals surface area contributed by atoms with E-state index in [1.807, 2.05) is 31.2 Å². The molecule has 0 saturated carbocycles. The minimum absolute atomic E-state index is 0.0579. The van der Waals surface area contributed by atoms with Gasteiger partial charge in [-0.3, -0.25) is 0 Å². The first kappa shape index (κ1) is 13.1. The molecule has 0 spiro atoms. The highest BCUT2D eigenvalue weighted by molar-refractivity contribution is 6.64. The number of benzene rings is 1. The third-order valence-electron chi connectivity index (χ3n) is 3.26. The second kappa shape index (κ2) is 6.02. The Balaban J connectivity index is 1.73. The molecule has 1 saturated heterocycles. The van der Waals surface area contributed by atoms with Crippen LogP contribution in [-0.2, 0) is 4.79 Å². The van der Waals surface area contributed by atoms with E-state index in [-0.39, 0.29) is 6.04 Å². The molecule has 0 radical (unpaired) electrons. The Hall–Kier alpha value is -1.33. The molecule has 1 aromatic carbocycles. The summed E-state index contributed by atoms with van der Waals surface area (Å²) in [6.07, 6.45) is 0.948. The minimum atomic E-state index is 0.0579. The van der Waals surface area contributed by atoms with Gasteiger partial charge in [0.25, 0.3) is 7.41 Å². The second-order valence-electron chi connectivity index (χ2n) is 4.92. The molecule has 1 aliphatic heterocycles. The Bertz CT molecular complexity index is 388. The molecule has 1 fully saturated rings. The summed E-state index contributed by atoms with van der Waals surface area (Å²) in [5.74, 6) is 1.42. The van der Waals surface area contributed by atoms with Crippen molar-refractivity contribution in [3.63, 3.8) is 0 Å². The summed E-state index contributed by atoms with van der Waals surface area (Å²) in [6.45, 7) is 4.59. The van der Waals surface area contributed by atoms with Crippen molar-refractivity contribution in [1.29, 1.82) is 0 Å².